The zero-order valence-electron chi connectivity index (χ0n) is 20.8. The summed E-state index contributed by atoms with van der Waals surface area (Å²) in [6.07, 6.45) is 5.08. The lowest BCUT2D eigenvalue weighted by Gasteiger charge is -2.27. The number of carbonyl (C=O) groups excluding carboxylic acids is 2. The van der Waals surface area contributed by atoms with Crippen LogP contribution in [0.2, 0.25) is 0 Å². The van der Waals surface area contributed by atoms with Gasteiger partial charge in [-0.15, -0.1) is 0 Å². The average molecular weight is 572 g/mol. The molecule has 0 atom stereocenters. The predicted octanol–water partition coefficient (Wildman–Crippen LogP) is 2.84. The molecule has 0 aromatic heterocycles. The summed E-state index contributed by atoms with van der Waals surface area (Å²) < 4.78 is 0. The Bertz CT molecular complexity index is 1200. The lowest BCUT2D eigenvalue weighted by molar-refractivity contribution is -0.0000303. The van der Waals surface area contributed by atoms with Gasteiger partial charge in [0.25, 0.3) is 11.8 Å². The number of hydrogen-bond acceptors (Lipinski definition) is 2. The van der Waals surface area contributed by atoms with E-state index in [1.165, 1.54) is 20.8 Å². The van der Waals surface area contributed by atoms with Crippen LogP contribution in [-0.4, -0.2) is 29.4 Å². The summed E-state index contributed by atoms with van der Waals surface area (Å²) in [5.41, 5.74) is 1.07. The van der Waals surface area contributed by atoms with Gasteiger partial charge >= 0.3 is 0 Å². The second-order valence-corrected chi connectivity index (χ2v) is 12.9. The van der Waals surface area contributed by atoms with Crippen LogP contribution in [0.25, 0.3) is 0 Å². The van der Waals surface area contributed by atoms with Gasteiger partial charge in [-0.3, -0.25) is 14.5 Å². The fourth-order valence-electron chi connectivity index (χ4n) is 5.30. The summed E-state index contributed by atoms with van der Waals surface area (Å²) in [6.45, 7) is 0.489. The molecular formula is C32H31BrNO2P. The third kappa shape index (κ3) is 5.46. The highest BCUT2D eigenvalue weighted by Crippen LogP contribution is 2.56. The minimum absolute atomic E-state index is 0. The molecule has 37 heavy (non-hydrogen) atoms. The normalized spacial score (nSPS) is 12.8. The van der Waals surface area contributed by atoms with Gasteiger partial charge in [-0.2, -0.15) is 0 Å². The van der Waals surface area contributed by atoms with E-state index in [1.54, 1.807) is 12.1 Å². The Labute approximate surface area is 230 Å². The molecule has 4 aromatic carbocycles. The molecule has 5 heteroatoms. The van der Waals surface area contributed by atoms with Crippen molar-refractivity contribution >= 4 is 35.0 Å². The van der Waals surface area contributed by atoms with Gasteiger partial charge in [0.1, 0.15) is 23.2 Å². The standard InChI is InChI=1S/C32H31NO2P.BrH/c34-31-29-22-12-13-23-30(29)32(35)33(31)24-14-1-2-15-25-36(26-16-6-3-7-17-26,27-18-8-4-9-19-27)28-20-10-5-11-21-28;/h3-13,16-23H,1-2,14-15,24-25H2;1H/q+1;/p-1. The molecule has 0 saturated carbocycles. The Kier molecular flexibility index (Phi) is 9.08. The van der Waals surface area contributed by atoms with E-state index in [-0.39, 0.29) is 28.8 Å². The van der Waals surface area contributed by atoms with Crippen LogP contribution in [0, 0.1) is 0 Å². The third-order valence-corrected chi connectivity index (χ3v) is 11.6. The van der Waals surface area contributed by atoms with Crippen molar-refractivity contribution in [2.75, 3.05) is 12.7 Å². The zero-order chi connectivity index (χ0) is 24.8. The topological polar surface area (TPSA) is 37.4 Å². The molecule has 0 fully saturated rings. The molecule has 0 unspecified atom stereocenters. The first-order valence-corrected chi connectivity index (χ1v) is 14.7. The number of imide groups is 1. The van der Waals surface area contributed by atoms with Crippen LogP contribution in [0.4, 0.5) is 0 Å². The van der Waals surface area contributed by atoms with Crippen molar-refractivity contribution in [2.24, 2.45) is 0 Å². The molecule has 4 aromatic rings. The van der Waals surface area contributed by atoms with E-state index in [0.29, 0.717) is 17.7 Å². The van der Waals surface area contributed by atoms with Gasteiger partial charge in [-0.25, -0.2) is 0 Å². The molecule has 1 aliphatic heterocycles. The van der Waals surface area contributed by atoms with Crippen molar-refractivity contribution < 1.29 is 26.6 Å². The number of rotatable bonds is 10. The molecule has 5 rings (SSSR count). The number of nitrogens with zero attached hydrogens (tertiary/aromatic N) is 1. The molecule has 0 bridgehead atoms. The number of carbonyl (C=O) groups is 2. The first kappa shape index (κ1) is 27.0. The van der Waals surface area contributed by atoms with E-state index >= 15 is 0 Å². The summed E-state index contributed by atoms with van der Waals surface area (Å²) >= 11 is 0. The Morgan fingerprint density at radius 1 is 0.486 bits per heavy atom. The molecule has 1 heterocycles. The number of fused-ring (bicyclic) bond motifs is 1. The van der Waals surface area contributed by atoms with Crippen molar-refractivity contribution in [3.63, 3.8) is 0 Å². The largest absolute Gasteiger partial charge is 1.00 e. The number of halogens is 1. The van der Waals surface area contributed by atoms with Crippen LogP contribution in [-0.2, 0) is 0 Å². The Morgan fingerprint density at radius 2 is 0.865 bits per heavy atom. The first-order chi connectivity index (χ1) is 17.7. The van der Waals surface area contributed by atoms with Gasteiger partial charge in [0, 0.05) is 6.54 Å². The highest BCUT2D eigenvalue weighted by atomic mass is 79.9. The van der Waals surface area contributed by atoms with Gasteiger partial charge < -0.3 is 17.0 Å². The van der Waals surface area contributed by atoms with Crippen molar-refractivity contribution in [3.8, 4) is 0 Å². The van der Waals surface area contributed by atoms with Gasteiger partial charge in [0.05, 0.1) is 17.3 Å². The highest BCUT2D eigenvalue weighted by molar-refractivity contribution is 7.95. The fraction of sp³-hybridized carbons (Fsp3) is 0.188. The second-order valence-electron chi connectivity index (χ2n) is 9.26. The van der Waals surface area contributed by atoms with Crippen LogP contribution >= 0.6 is 7.26 Å². The smallest absolute Gasteiger partial charge is 0.261 e. The molecule has 0 saturated heterocycles. The first-order valence-electron chi connectivity index (χ1n) is 12.7. The number of unbranched alkanes of at least 4 members (excludes halogenated alkanes) is 3. The molecule has 0 N–H and O–H groups in total. The minimum atomic E-state index is -1.80. The molecule has 2 amide bonds. The van der Waals surface area contributed by atoms with Crippen LogP contribution in [0.1, 0.15) is 46.4 Å². The van der Waals surface area contributed by atoms with E-state index in [9.17, 15) is 9.59 Å². The lowest BCUT2D eigenvalue weighted by atomic mass is 10.1. The average Bonchev–Trinajstić information content (AvgIpc) is 3.19. The van der Waals surface area contributed by atoms with Crippen LogP contribution in [0.15, 0.2) is 115 Å². The van der Waals surface area contributed by atoms with Crippen LogP contribution < -0.4 is 32.9 Å². The number of amides is 2. The Morgan fingerprint density at radius 3 is 1.30 bits per heavy atom. The minimum Gasteiger partial charge on any atom is -1.00 e. The summed E-state index contributed by atoms with van der Waals surface area (Å²) in [5, 5.41) is 4.23. The van der Waals surface area contributed by atoms with Gasteiger partial charge in [0.15, 0.2) is 0 Å². The van der Waals surface area contributed by atoms with Crippen LogP contribution in [0.3, 0.4) is 0 Å². The van der Waals surface area contributed by atoms with Crippen molar-refractivity contribution in [2.45, 2.75) is 25.7 Å². The maximum absolute atomic E-state index is 12.6. The lowest BCUT2D eigenvalue weighted by Crippen LogP contribution is -3.00. The van der Waals surface area contributed by atoms with E-state index in [1.807, 2.05) is 12.1 Å². The van der Waals surface area contributed by atoms with Crippen molar-refractivity contribution in [3.05, 3.63) is 126 Å². The number of benzene rings is 4. The van der Waals surface area contributed by atoms with Gasteiger partial charge in [-0.05, 0) is 67.8 Å². The summed E-state index contributed by atoms with van der Waals surface area (Å²) in [5.74, 6) is -0.310. The third-order valence-electron chi connectivity index (χ3n) is 7.09. The second kappa shape index (κ2) is 12.4. The molecule has 0 spiro atoms. The monoisotopic (exact) mass is 571 g/mol. The number of hydrogen-bond donors (Lipinski definition) is 0. The molecule has 0 aliphatic carbocycles. The molecular weight excluding hydrogens is 541 g/mol. The van der Waals surface area contributed by atoms with E-state index in [0.717, 1.165) is 31.8 Å². The molecule has 0 radical (unpaired) electrons. The maximum atomic E-state index is 12.6. The SMILES string of the molecule is O=C1c2ccccc2C(=O)N1CCCCCC[P+](c1ccccc1)(c1ccccc1)c1ccccc1.[Br-]. The Balaban J connectivity index is 0.00000320. The van der Waals surface area contributed by atoms with E-state index in [4.69, 9.17) is 0 Å². The van der Waals surface area contributed by atoms with E-state index < -0.39 is 7.26 Å². The highest BCUT2D eigenvalue weighted by Gasteiger charge is 2.44. The summed E-state index contributed by atoms with van der Waals surface area (Å²) in [6, 6.07) is 40.0. The van der Waals surface area contributed by atoms with Crippen molar-refractivity contribution in [1.82, 2.24) is 4.90 Å². The van der Waals surface area contributed by atoms with Crippen molar-refractivity contribution in [1.29, 1.82) is 0 Å². The summed E-state index contributed by atoms with van der Waals surface area (Å²) in [7, 11) is -1.80. The van der Waals surface area contributed by atoms with Gasteiger partial charge in [0.2, 0.25) is 0 Å². The molecule has 1 aliphatic rings. The van der Waals surface area contributed by atoms with Crippen LogP contribution in [0.5, 0.6) is 0 Å². The van der Waals surface area contributed by atoms with Gasteiger partial charge in [-0.1, -0.05) is 73.2 Å². The predicted molar refractivity (Wildman–Crippen MR) is 150 cm³/mol. The fourth-order valence-corrected chi connectivity index (χ4v) is 9.71. The maximum Gasteiger partial charge on any atom is 0.261 e. The zero-order valence-corrected chi connectivity index (χ0v) is 23.3. The molecule has 3 nitrogen and oxygen atoms in total. The molecule has 188 valence electrons. The Hall–Kier alpha value is -3.07. The van der Waals surface area contributed by atoms with E-state index in [2.05, 4.69) is 91.0 Å². The quantitative estimate of drug-likeness (QED) is 0.167. The summed E-state index contributed by atoms with van der Waals surface area (Å²) in [4.78, 5) is 26.7.